The van der Waals surface area contributed by atoms with E-state index in [0.29, 0.717) is 5.75 Å². The van der Waals surface area contributed by atoms with Crippen molar-refractivity contribution in [2.24, 2.45) is 10.2 Å². The summed E-state index contributed by atoms with van der Waals surface area (Å²) in [5.74, 6) is -0.791. The summed E-state index contributed by atoms with van der Waals surface area (Å²) in [4.78, 5) is 10.5. The number of nitrogens with zero attached hydrogens (tertiary/aromatic N) is 2. The number of ether oxygens (including phenoxy) is 1. The average Bonchev–Trinajstić information content (AvgIpc) is 3.05. The summed E-state index contributed by atoms with van der Waals surface area (Å²) in [7, 11) is 0. The Morgan fingerprint density at radius 3 is 1.93 bits per heavy atom. The lowest BCUT2D eigenvalue weighted by Crippen LogP contribution is -2.28. The van der Waals surface area contributed by atoms with Gasteiger partial charge in [0.2, 0.25) is 0 Å². The smallest absolute Gasteiger partial charge is 0.128 e. The molecule has 1 aliphatic carbocycles. The Hall–Kier alpha value is -3.73. The van der Waals surface area contributed by atoms with Gasteiger partial charge < -0.3 is 14.6 Å². The Bertz CT molecular complexity index is 1050. The molecule has 3 aromatic rings. The Morgan fingerprint density at radius 1 is 0.857 bits per heavy atom. The van der Waals surface area contributed by atoms with E-state index in [4.69, 9.17) is 4.74 Å². The van der Waals surface area contributed by atoms with Crippen LogP contribution in [-0.2, 0) is 4.79 Å². The molecule has 28 heavy (non-hydrogen) atoms. The van der Waals surface area contributed by atoms with Crippen LogP contribution in [0.25, 0.3) is 11.1 Å². The van der Waals surface area contributed by atoms with Crippen molar-refractivity contribution in [3.05, 3.63) is 89.5 Å². The molecule has 0 saturated heterocycles. The zero-order valence-electron chi connectivity index (χ0n) is 15.3. The fourth-order valence-electron chi connectivity index (χ4n) is 3.22. The monoisotopic (exact) mass is 369 g/mol. The summed E-state index contributed by atoms with van der Waals surface area (Å²) >= 11 is 0. The number of fused-ring (bicyclic) bond motifs is 3. The van der Waals surface area contributed by atoms with Crippen LogP contribution in [0, 0.1) is 0 Å². The van der Waals surface area contributed by atoms with E-state index in [9.17, 15) is 9.90 Å². The lowest BCUT2D eigenvalue weighted by Gasteiger charge is -2.07. The van der Waals surface area contributed by atoms with E-state index in [-0.39, 0.29) is 0 Å². The average molecular weight is 369 g/mol. The molecule has 0 N–H and O–H groups in total. The third-order valence-corrected chi connectivity index (χ3v) is 4.58. The SMILES string of the molecule is C/C(=N/N=C1c2ccccc2-c2ccccc21)c1ccc(OCC(=O)[O-])cc1. The first-order chi connectivity index (χ1) is 13.6. The van der Waals surface area contributed by atoms with Crippen LogP contribution in [0.2, 0.25) is 0 Å². The largest absolute Gasteiger partial charge is 0.546 e. The summed E-state index contributed by atoms with van der Waals surface area (Å²) in [6, 6.07) is 23.4. The Labute approximate surface area is 162 Å². The standard InChI is InChI=1S/C23H18N2O3/c1-15(16-10-12-17(13-11-16)28-14-22(26)27)24-25-23-20-8-4-2-6-18(20)19-7-3-5-9-21(19)23/h2-13H,14H2,1H3,(H,26,27)/p-1/b24-15-. The van der Waals surface area contributed by atoms with Gasteiger partial charge in [0, 0.05) is 11.1 Å². The van der Waals surface area contributed by atoms with Gasteiger partial charge in [-0.2, -0.15) is 5.10 Å². The maximum Gasteiger partial charge on any atom is 0.128 e. The van der Waals surface area contributed by atoms with Crippen molar-refractivity contribution in [3.63, 3.8) is 0 Å². The van der Waals surface area contributed by atoms with E-state index in [1.807, 2.05) is 43.3 Å². The molecule has 0 atom stereocenters. The van der Waals surface area contributed by atoms with Gasteiger partial charge in [-0.3, -0.25) is 0 Å². The highest BCUT2D eigenvalue weighted by Crippen LogP contribution is 2.36. The molecule has 4 rings (SSSR count). The van der Waals surface area contributed by atoms with Crippen molar-refractivity contribution < 1.29 is 14.6 Å². The molecule has 0 radical (unpaired) electrons. The van der Waals surface area contributed by atoms with E-state index in [1.165, 1.54) is 11.1 Å². The predicted molar refractivity (Wildman–Crippen MR) is 107 cm³/mol. The van der Waals surface area contributed by atoms with Gasteiger partial charge in [0.05, 0.1) is 11.7 Å². The Balaban J connectivity index is 1.63. The van der Waals surface area contributed by atoms with E-state index in [0.717, 1.165) is 28.1 Å². The first-order valence-electron chi connectivity index (χ1n) is 8.88. The molecule has 5 heteroatoms. The molecule has 0 bridgehead atoms. The molecule has 0 spiro atoms. The van der Waals surface area contributed by atoms with Crippen molar-refractivity contribution >= 4 is 17.4 Å². The lowest BCUT2D eigenvalue weighted by molar-refractivity contribution is -0.307. The van der Waals surface area contributed by atoms with Crippen molar-refractivity contribution in [1.29, 1.82) is 0 Å². The van der Waals surface area contributed by atoms with Crippen molar-refractivity contribution in [1.82, 2.24) is 0 Å². The van der Waals surface area contributed by atoms with Crippen LogP contribution in [0.1, 0.15) is 23.6 Å². The highest BCUT2D eigenvalue weighted by molar-refractivity contribution is 6.24. The minimum Gasteiger partial charge on any atom is -0.546 e. The highest BCUT2D eigenvalue weighted by Gasteiger charge is 2.23. The first kappa shape index (κ1) is 17.7. The number of hydrogen-bond acceptors (Lipinski definition) is 5. The molecule has 0 heterocycles. The quantitative estimate of drug-likeness (QED) is 0.401. The van der Waals surface area contributed by atoms with Crippen LogP contribution in [0.4, 0.5) is 0 Å². The second-order valence-electron chi connectivity index (χ2n) is 6.41. The molecule has 1 aliphatic rings. The number of carbonyl (C=O) groups is 1. The second kappa shape index (κ2) is 7.48. The lowest BCUT2D eigenvalue weighted by atomic mass is 10.1. The number of benzene rings is 3. The van der Waals surface area contributed by atoms with E-state index in [2.05, 4.69) is 34.5 Å². The molecule has 0 aromatic heterocycles. The topological polar surface area (TPSA) is 74.1 Å². The summed E-state index contributed by atoms with van der Waals surface area (Å²) in [6.07, 6.45) is 0. The van der Waals surface area contributed by atoms with Crippen LogP contribution >= 0.6 is 0 Å². The van der Waals surface area contributed by atoms with Gasteiger partial charge in [-0.25, -0.2) is 0 Å². The molecule has 0 unspecified atom stereocenters. The fourth-order valence-corrected chi connectivity index (χ4v) is 3.22. The van der Waals surface area contributed by atoms with Crippen LogP contribution in [0.15, 0.2) is 83.0 Å². The number of rotatable bonds is 5. The van der Waals surface area contributed by atoms with E-state index < -0.39 is 12.6 Å². The fraction of sp³-hybridized carbons (Fsp3) is 0.0870. The first-order valence-corrected chi connectivity index (χ1v) is 8.88. The van der Waals surface area contributed by atoms with E-state index >= 15 is 0 Å². The van der Waals surface area contributed by atoms with Crippen molar-refractivity contribution in [3.8, 4) is 16.9 Å². The third-order valence-electron chi connectivity index (χ3n) is 4.58. The molecule has 3 aromatic carbocycles. The molecular formula is C23H17N2O3-. The zero-order valence-corrected chi connectivity index (χ0v) is 15.3. The predicted octanol–water partition coefficient (Wildman–Crippen LogP) is 3.06. The Kier molecular flexibility index (Phi) is 4.72. The number of carboxylic acid groups (broad SMARTS) is 1. The summed E-state index contributed by atoms with van der Waals surface area (Å²) in [5.41, 5.74) is 6.97. The van der Waals surface area contributed by atoms with Gasteiger partial charge in [-0.15, -0.1) is 5.10 Å². The second-order valence-corrected chi connectivity index (χ2v) is 6.41. The van der Waals surface area contributed by atoms with Crippen LogP contribution < -0.4 is 9.84 Å². The molecule has 0 aliphatic heterocycles. The van der Waals surface area contributed by atoms with Gasteiger partial charge >= 0.3 is 0 Å². The number of aliphatic carboxylic acids is 1. The number of hydrogen-bond donors (Lipinski definition) is 0. The molecule has 138 valence electrons. The number of carboxylic acids is 1. The molecule has 0 fully saturated rings. The summed E-state index contributed by atoms with van der Waals surface area (Å²) < 4.78 is 5.09. The van der Waals surface area contributed by atoms with Gasteiger partial charge in [-0.05, 0) is 47.9 Å². The highest BCUT2D eigenvalue weighted by atomic mass is 16.5. The van der Waals surface area contributed by atoms with Crippen LogP contribution in [0.5, 0.6) is 5.75 Å². The van der Waals surface area contributed by atoms with Gasteiger partial charge in [0.25, 0.3) is 0 Å². The summed E-state index contributed by atoms with van der Waals surface area (Å²) in [5, 5.41) is 19.5. The zero-order chi connectivity index (χ0) is 19.5. The van der Waals surface area contributed by atoms with Crippen molar-refractivity contribution in [2.45, 2.75) is 6.92 Å². The molecule has 0 saturated carbocycles. The van der Waals surface area contributed by atoms with Gasteiger partial charge in [0.15, 0.2) is 0 Å². The van der Waals surface area contributed by atoms with Crippen LogP contribution in [0.3, 0.4) is 0 Å². The Morgan fingerprint density at radius 2 is 1.39 bits per heavy atom. The third kappa shape index (κ3) is 3.42. The van der Waals surface area contributed by atoms with E-state index in [1.54, 1.807) is 12.1 Å². The molecule has 0 amide bonds. The maximum atomic E-state index is 10.5. The molecule has 5 nitrogen and oxygen atoms in total. The van der Waals surface area contributed by atoms with Gasteiger partial charge in [0.1, 0.15) is 18.1 Å². The van der Waals surface area contributed by atoms with Crippen LogP contribution in [-0.4, -0.2) is 24.0 Å². The maximum absolute atomic E-state index is 10.5. The minimum atomic E-state index is -1.25. The molecular weight excluding hydrogens is 352 g/mol. The normalized spacial score (nSPS) is 12.3. The minimum absolute atomic E-state index is 0.464. The van der Waals surface area contributed by atoms with Crippen molar-refractivity contribution in [2.75, 3.05) is 6.61 Å². The van der Waals surface area contributed by atoms with Gasteiger partial charge in [-0.1, -0.05) is 48.5 Å². The number of carbonyl (C=O) groups excluding carboxylic acids is 1. The summed E-state index contributed by atoms with van der Waals surface area (Å²) in [6.45, 7) is 1.41.